The predicted octanol–water partition coefficient (Wildman–Crippen LogP) is 3.97. The predicted molar refractivity (Wildman–Crippen MR) is 133 cm³/mol. The molecule has 0 heterocycles. The van der Waals surface area contributed by atoms with Gasteiger partial charge in [-0.2, -0.15) is 0 Å². The van der Waals surface area contributed by atoms with Gasteiger partial charge in [-0.25, -0.2) is 0 Å². The normalized spacial score (nSPS) is 13.6. The van der Waals surface area contributed by atoms with Crippen molar-refractivity contribution in [2.75, 3.05) is 25.1 Å². The van der Waals surface area contributed by atoms with Crippen molar-refractivity contribution in [3.05, 3.63) is 89.4 Å². The molecular formula is C26H32N4O3. The molecule has 0 fully saturated rings. The molecular weight excluding hydrogens is 416 g/mol. The molecule has 0 aliphatic carbocycles. The van der Waals surface area contributed by atoms with E-state index in [1.54, 1.807) is 14.0 Å². The Balaban J connectivity index is 2.90. The number of likely N-dealkylation sites (N-methyl/N-ethyl adjacent to an activating group) is 1. The highest BCUT2D eigenvalue weighted by Gasteiger charge is 2.29. The summed E-state index contributed by atoms with van der Waals surface area (Å²) in [6, 6.07) is 19.0. The lowest BCUT2D eigenvalue weighted by Crippen LogP contribution is -2.38. The second kappa shape index (κ2) is 13.6. The van der Waals surface area contributed by atoms with Crippen LogP contribution < -0.4 is 15.5 Å². The molecule has 2 aromatic carbocycles. The van der Waals surface area contributed by atoms with Crippen LogP contribution in [-0.4, -0.2) is 38.7 Å². The average molecular weight is 449 g/mol. The Labute approximate surface area is 195 Å². The lowest BCUT2D eigenvalue weighted by Gasteiger charge is -2.30. The van der Waals surface area contributed by atoms with E-state index in [4.69, 9.17) is 4.74 Å². The third-order valence-corrected chi connectivity index (χ3v) is 4.79. The van der Waals surface area contributed by atoms with Crippen LogP contribution in [0.1, 0.15) is 32.4 Å². The summed E-state index contributed by atoms with van der Waals surface area (Å²) in [6.45, 7) is 6.71. The Morgan fingerprint density at radius 3 is 2.21 bits per heavy atom. The number of nitrogens with one attached hydrogen (secondary N) is 2. The second-order valence-corrected chi connectivity index (χ2v) is 7.03. The number of hydrogen-bond acceptors (Lipinski definition) is 5. The first-order chi connectivity index (χ1) is 16.1. The first-order valence-corrected chi connectivity index (χ1v) is 10.9. The summed E-state index contributed by atoms with van der Waals surface area (Å²) >= 11 is 0. The summed E-state index contributed by atoms with van der Waals surface area (Å²) in [4.78, 5) is 29.6. The van der Waals surface area contributed by atoms with Gasteiger partial charge in [-0.15, -0.1) is 0 Å². The van der Waals surface area contributed by atoms with Gasteiger partial charge in [-0.05, 0) is 44.5 Å². The lowest BCUT2D eigenvalue weighted by atomic mass is 9.99. The number of hydrogen-bond donors (Lipinski definition) is 2. The van der Waals surface area contributed by atoms with Crippen LogP contribution in [0.4, 0.5) is 5.69 Å². The first kappa shape index (κ1) is 25.5. The molecule has 1 unspecified atom stereocenters. The SMILES string of the molecule is CCNC(=NC)/C(=C(/N/C(C)=C/C=O)N(C=O)c1ccccc1)C(OCC)c1ccccc1. The highest BCUT2D eigenvalue weighted by Crippen LogP contribution is 2.31. The Hall–Kier alpha value is -3.71. The second-order valence-electron chi connectivity index (χ2n) is 7.03. The zero-order valence-electron chi connectivity index (χ0n) is 19.6. The lowest BCUT2D eigenvalue weighted by molar-refractivity contribution is -0.107. The molecule has 0 saturated carbocycles. The number of benzene rings is 2. The number of amides is 1. The molecule has 0 aliphatic heterocycles. The fourth-order valence-electron chi connectivity index (χ4n) is 3.38. The number of nitrogens with zero attached hydrogens (tertiary/aromatic N) is 2. The summed E-state index contributed by atoms with van der Waals surface area (Å²) in [5, 5.41) is 6.55. The molecule has 174 valence electrons. The number of rotatable bonds is 12. The molecule has 0 radical (unpaired) electrons. The molecule has 0 aliphatic rings. The Bertz CT molecular complexity index is 985. The van der Waals surface area contributed by atoms with Gasteiger partial charge in [-0.1, -0.05) is 48.5 Å². The molecule has 0 saturated heterocycles. The number of para-hydroxylation sites is 1. The van der Waals surface area contributed by atoms with Crippen molar-refractivity contribution in [1.29, 1.82) is 0 Å². The quantitative estimate of drug-likeness (QED) is 0.222. The average Bonchev–Trinajstić information content (AvgIpc) is 2.84. The Kier molecular flexibility index (Phi) is 10.6. The fraction of sp³-hybridized carbons (Fsp3) is 0.269. The van der Waals surface area contributed by atoms with E-state index in [0.717, 1.165) is 12.0 Å². The van der Waals surface area contributed by atoms with Crippen molar-refractivity contribution in [3.8, 4) is 0 Å². The highest BCUT2D eigenvalue weighted by molar-refractivity contribution is 6.01. The van der Waals surface area contributed by atoms with E-state index in [0.29, 0.717) is 48.1 Å². The van der Waals surface area contributed by atoms with E-state index in [9.17, 15) is 9.59 Å². The third kappa shape index (κ3) is 6.89. The highest BCUT2D eigenvalue weighted by atomic mass is 16.5. The zero-order chi connectivity index (χ0) is 24.1. The van der Waals surface area contributed by atoms with Crippen molar-refractivity contribution in [2.45, 2.75) is 26.9 Å². The van der Waals surface area contributed by atoms with Crippen LogP contribution >= 0.6 is 0 Å². The standard InChI is InChI=1S/C26H32N4O3/c1-5-28-25(27-4)23(24(33-6-2)21-13-9-7-10-14-21)26(29-20(3)17-18-31)30(19-32)22-15-11-8-12-16-22/h7-19,24,29H,5-6H2,1-4H3,(H,27,28)/b20-17+,26-23-. The smallest absolute Gasteiger partial charge is 0.219 e. The van der Waals surface area contributed by atoms with Gasteiger partial charge in [0.05, 0.1) is 11.3 Å². The number of aldehydes is 1. The van der Waals surface area contributed by atoms with Crippen LogP contribution in [-0.2, 0) is 14.3 Å². The van der Waals surface area contributed by atoms with Gasteiger partial charge in [0.15, 0.2) is 0 Å². The minimum Gasteiger partial charge on any atom is -0.370 e. The summed E-state index contributed by atoms with van der Waals surface area (Å²) in [5.41, 5.74) is 2.77. The molecule has 0 aromatic heterocycles. The van der Waals surface area contributed by atoms with Crippen LogP contribution in [0.25, 0.3) is 0 Å². The van der Waals surface area contributed by atoms with E-state index < -0.39 is 6.10 Å². The zero-order valence-corrected chi connectivity index (χ0v) is 19.6. The van der Waals surface area contributed by atoms with Gasteiger partial charge in [0.25, 0.3) is 0 Å². The summed E-state index contributed by atoms with van der Waals surface area (Å²) in [5.74, 6) is 1.01. The molecule has 7 heteroatoms. The van der Waals surface area contributed by atoms with Gasteiger partial charge in [-0.3, -0.25) is 19.5 Å². The van der Waals surface area contributed by atoms with Crippen molar-refractivity contribution < 1.29 is 14.3 Å². The molecule has 7 nitrogen and oxygen atoms in total. The number of anilines is 1. The van der Waals surface area contributed by atoms with E-state index >= 15 is 0 Å². The van der Waals surface area contributed by atoms with E-state index in [2.05, 4.69) is 15.6 Å². The van der Waals surface area contributed by atoms with Gasteiger partial charge < -0.3 is 15.4 Å². The van der Waals surface area contributed by atoms with E-state index in [1.165, 1.54) is 11.0 Å². The summed E-state index contributed by atoms with van der Waals surface area (Å²) < 4.78 is 6.22. The maximum absolute atomic E-state index is 12.4. The minimum atomic E-state index is -0.536. The molecule has 1 atom stereocenters. The molecule has 2 aromatic rings. The van der Waals surface area contributed by atoms with Gasteiger partial charge >= 0.3 is 0 Å². The number of aliphatic imine (C=N–C) groups is 1. The number of carbonyl (C=O) groups excluding carboxylic acids is 2. The Morgan fingerprint density at radius 1 is 1.06 bits per heavy atom. The maximum Gasteiger partial charge on any atom is 0.219 e. The first-order valence-electron chi connectivity index (χ1n) is 10.9. The number of amidine groups is 1. The van der Waals surface area contributed by atoms with Crippen molar-refractivity contribution in [1.82, 2.24) is 10.6 Å². The number of allylic oxidation sites excluding steroid dienone is 2. The van der Waals surface area contributed by atoms with Crippen molar-refractivity contribution in [2.24, 2.45) is 4.99 Å². The van der Waals surface area contributed by atoms with E-state index in [1.807, 2.05) is 74.5 Å². The summed E-state index contributed by atoms with van der Waals surface area (Å²) in [6.07, 6.45) is 2.30. The fourth-order valence-corrected chi connectivity index (χ4v) is 3.38. The molecule has 0 spiro atoms. The largest absolute Gasteiger partial charge is 0.370 e. The van der Waals surface area contributed by atoms with Crippen molar-refractivity contribution >= 4 is 24.2 Å². The summed E-state index contributed by atoms with van der Waals surface area (Å²) in [7, 11) is 1.69. The van der Waals surface area contributed by atoms with Crippen LogP contribution in [0.2, 0.25) is 0 Å². The minimum absolute atomic E-state index is 0.440. The molecule has 0 bridgehead atoms. The number of carbonyl (C=O) groups is 2. The van der Waals surface area contributed by atoms with Crippen LogP contribution in [0.5, 0.6) is 0 Å². The molecule has 33 heavy (non-hydrogen) atoms. The number of ether oxygens (including phenoxy) is 1. The molecule has 2 N–H and O–H groups in total. The van der Waals surface area contributed by atoms with Gasteiger partial charge in [0.2, 0.25) is 6.41 Å². The van der Waals surface area contributed by atoms with Gasteiger partial charge in [0.1, 0.15) is 24.0 Å². The monoisotopic (exact) mass is 448 g/mol. The van der Waals surface area contributed by atoms with E-state index in [-0.39, 0.29) is 0 Å². The topological polar surface area (TPSA) is 83.0 Å². The molecule has 1 amide bonds. The van der Waals surface area contributed by atoms with Crippen molar-refractivity contribution in [3.63, 3.8) is 0 Å². The Morgan fingerprint density at radius 2 is 1.70 bits per heavy atom. The molecule has 2 rings (SSSR count). The van der Waals surface area contributed by atoms with Crippen LogP contribution in [0, 0.1) is 0 Å². The van der Waals surface area contributed by atoms with Crippen LogP contribution in [0.15, 0.2) is 88.8 Å². The van der Waals surface area contributed by atoms with Gasteiger partial charge in [0, 0.05) is 25.9 Å². The van der Waals surface area contributed by atoms with Crippen LogP contribution in [0.3, 0.4) is 0 Å². The third-order valence-electron chi connectivity index (χ3n) is 4.79. The maximum atomic E-state index is 12.4.